The van der Waals surface area contributed by atoms with Crippen molar-refractivity contribution in [3.05, 3.63) is 35.5 Å². The van der Waals surface area contributed by atoms with E-state index < -0.39 is 0 Å². The highest BCUT2D eigenvalue weighted by atomic mass is 15.1. The Morgan fingerprint density at radius 2 is 1.95 bits per heavy atom. The zero-order chi connectivity index (χ0) is 13.2. The molecule has 1 aromatic heterocycles. The lowest BCUT2D eigenvalue weighted by Gasteiger charge is -2.29. The summed E-state index contributed by atoms with van der Waals surface area (Å²) < 4.78 is 0. The number of fused-ring (bicyclic) bond motifs is 1. The minimum Gasteiger partial charge on any atom is -0.372 e. The van der Waals surface area contributed by atoms with E-state index in [1.807, 2.05) is 6.92 Å². The fourth-order valence-corrected chi connectivity index (χ4v) is 2.86. The molecular weight excluding hydrogens is 234 g/mol. The van der Waals surface area contributed by atoms with Crippen LogP contribution in [0.15, 0.2) is 24.3 Å². The van der Waals surface area contributed by atoms with Crippen LogP contribution in [0.4, 0.5) is 5.69 Å². The van der Waals surface area contributed by atoms with Gasteiger partial charge in [-0.3, -0.25) is 4.98 Å². The number of nitrogens with zero attached hydrogens (tertiary/aromatic N) is 2. The molecule has 2 heterocycles. The quantitative estimate of drug-likeness (QED) is 0.897. The van der Waals surface area contributed by atoms with Gasteiger partial charge in [0.2, 0.25) is 0 Å². The highest BCUT2D eigenvalue weighted by Gasteiger charge is 2.11. The van der Waals surface area contributed by atoms with Crippen molar-refractivity contribution in [1.82, 2.24) is 4.98 Å². The number of nitrogens with two attached hydrogens (primary N) is 1. The third kappa shape index (κ3) is 2.43. The van der Waals surface area contributed by atoms with Crippen molar-refractivity contribution < 1.29 is 0 Å². The molecule has 1 fully saturated rings. The molecular formula is C16H21N3. The molecule has 1 saturated heterocycles. The van der Waals surface area contributed by atoms with Crippen molar-refractivity contribution in [2.24, 2.45) is 5.73 Å². The molecule has 19 heavy (non-hydrogen) atoms. The average Bonchev–Trinajstić information content (AvgIpc) is 2.47. The maximum absolute atomic E-state index is 5.77. The molecule has 3 heteroatoms. The number of hydrogen-bond donors (Lipinski definition) is 1. The lowest BCUT2D eigenvalue weighted by Crippen LogP contribution is -2.29. The highest BCUT2D eigenvalue weighted by molar-refractivity contribution is 5.83. The van der Waals surface area contributed by atoms with Gasteiger partial charge in [0.15, 0.2) is 0 Å². The van der Waals surface area contributed by atoms with E-state index in [0.717, 1.165) is 16.8 Å². The van der Waals surface area contributed by atoms with Crippen LogP contribution in [-0.4, -0.2) is 18.1 Å². The summed E-state index contributed by atoms with van der Waals surface area (Å²) >= 11 is 0. The Labute approximate surface area is 114 Å². The van der Waals surface area contributed by atoms with Crippen LogP contribution in [0, 0.1) is 6.92 Å². The summed E-state index contributed by atoms with van der Waals surface area (Å²) in [5.41, 5.74) is 10.3. The Morgan fingerprint density at radius 3 is 2.68 bits per heavy atom. The number of rotatable bonds is 2. The van der Waals surface area contributed by atoms with Crippen molar-refractivity contribution in [2.75, 3.05) is 18.0 Å². The van der Waals surface area contributed by atoms with Gasteiger partial charge >= 0.3 is 0 Å². The first-order valence-electron chi connectivity index (χ1n) is 7.13. The number of aromatic nitrogens is 1. The third-order valence-corrected chi connectivity index (χ3v) is 4.03. The summed E-state index contributed by atoms with van der Waals surface area (Å²) in [6, 6.07) is 8.77. The molecule has 1 aliphatic heterocycles. The first-order chi connectivity index (χ1) is 9.28. The summed E-state index contributed by atoms with van der Waals surface area (Å²) in [4.78, 5) is 7.11. The normalized spacial score (nSPS) is 16.0. The van der Waals surface area contributed by atoms with Crippen LogP contribution in [-0.2, 0) is 6.54 Å². The first kappa shape index (κ1) is 12.4. The molecule has 0 saturated carbocycles. The molecule has 2 aromatic rings. The maximum atomic E-state index is 5.77. The van der Waals surface area contributed by atoms with Crippen LogP contribution in [0.2, 0.25) is 0 Å². The summed E-state index contributed by atoms with van der Waals surface area (Å²) in [6.07, 6.45) is 3.97. The molecule has 1 aromatic carbocycles. The lowest BCUT2D eigenvalue weighted by atomic mass is 10.1. The molecule has 0 bridgehead atoms. The molecule has 0 unspecified atom stereocenters. The van der Waals surface area contributed by atoms with Gasteiger partial charge in [-0.15, -0.1) is 0 Å². The first-order valence-corrected chi connectivity index (χ1v) is 7.13. The molecule has 1 aliphatic rings. The van der Waals surface area contributed by atoms with E-state index in [2.05, 4.69) is 34.1 Å². The predicted octanol–water partition coefficient (Wildman–Crippen LogP) is 2.99. The molecule has 0 spiro atoms. The Balaban J connectivity index is 2.01. The van der Waals surface area contributed by atoms with Crippen LogP contribution in [0.3, 0.4) is 0 Å². The second-order valence-electron chi connectivity index (χ2n) is 5.36. The van der Waals surface area contributed by atoms with E-state index in [0.29, 0.717) is 6.54 Å². The van der Waals surface area contributed by atoms with Gasteiger partial charge in [-0.05, 0) is 56.0 Å². The number of aryl methyl sites for hydroxylation is 1. The van der Waals surface area contributed by atoms with E-state index in [9.17, 15) is 0 Å². The van der Waals surface area contributed by atoms with Crippen LogP contribution in [0.25, 0.3) is 10.9 Å². The monoisotopic (exact) mass is 255 g/mol. The Kier molecular flexibility index (Phi) is 3.38. The van der Waals surface area contributed by atoms with Gasteiger partial charge in [-0.1, -0.05) is 0 Å². The number of anilines is 1. The van der Waals surface area contributed by atoms with E-state index in [1.165, 1.54) is 43.4 Å². The van der Waals surface area contributed by atoms with Gasteiger partial charge in [0, 0.05) is 36.4 Å². The molecule has 0 atom stereocenters. The minimum absolute atomic E-state index is 0.558. The van der Waals surface area contributed by atoms with Crippen molar-refractivity contribution in [2.45, 2.75) is 32.7 Å². The molecule has 100 valence electrons. The van der Waals surface area contributed by atoms with Crippen molar-refractivity contribution in [1.29, 1.82) is 0 Å². The van der Waals surface area contributed by atoms with E-state index in [-0.39, 0.29) is 0 Å². The van der Waals surface area contributed by atoms with Gasteiger partial charge in [0.1, 0.15) is 0 Å². The summed E-state index contributed by atoms with van der Waals surface area (Å²) in [7, 11) is 0. The zero-order valence-electron chi connectivity index (χ0n) is 11.5. The highest BCUT2D eigenvalue weighted by Crippen LogP contribution is 2.25. The Hall–Kier alpha value is -1.61. The topological polar surface area (TPSA) is 42.2 Å². The maximum Gasteiger partial charge on any atom is 0.0706 e. The zero-order valence-corrected chi connectivity index (χ0v) is 11.5. The second-order valence-corrected chi connectivity index (χ2v) is 5.36. The molecule has 3 nitrogen and oxygen atoms in total. The average molecular weight is 255 g/mol. The number of piperidine rings is 1. The van der Waals surface area contributed by atoms with Gasteiger partial charge in [-0.2, -0.15) is 0 Å². The number of pyridine rings is 1. The SMILES string of the molecule is Cc1nc2ccc(N3CCCCC3)cc2cc1CN. The van der Waals surface area contributed by atoms with Gasteiger partial charge in [0.05, 0.1) is 5.52 Å². The van der Waals surface area contributed by atoms with Crippen molar-refractivity contribution in [3.63, 3.8) is 0 Å². The molecule has 0 amide bonds. The van der Waals surface area contributed by atoms with Gasteiger partial charge in [-0.25, -0.2) is 0 Å². The number of benzene rings is 1. The standard InChI is InChI=1S/C16H21N3/c1-12-14(11-17)9-13-10-15(5-6-16(13)18-12)19-7-3-2-4-8-19/h5-6,9-10H,2-4,7-8,11,17H2,1H3. The minimum atomic E-state index is 0.558. The summed E-state index contributed by atoms with van der Waals surface area (Å²) in [5, 5.41) is 1.20. The molecule has 0 radical (unpaired) electrons. The fourth-order valence-electron chi connectivity index (χ4n) is 2.86. The van der Waals surface area contributed by atoms with Crippen molar-refractivity contribution in [3.8, 4) is 0 Å². The van der Waals surface area contributed by atoms with Gasteiger partial charge < -0.3 is 10.6 Å². The largest absolute Gasteiger partial charge is 0.372 e. The molecule has 0 aliphatic carbocycles. The van der Waals surface area contributed by atoms with E-state index in [1.54, 1.807) is 0 Å². The second kappa shape index (κ2) is 5.17. The molecule has 3 rings (SSSR count). The van der Waals surface area contributed by atoms with Gasteiger partial charge in [0.25, 0.3) is 0 Å². The van der Waals surface area contributed by atoms with Crippen LogP contribution >= 0.6 is 0 Å². The summed E-state index contributed by atoms with van der Waals surface area (Å²) in [6.45, 7) is 4.94. The van der Waals surface area contributed by atoms with Crippen LogP contribution in [0.1, 0.15) is 30.5 Å². The Morgan fingerprint density at radius 1 is 1.16 bits per heavy atom. The van der Waals surface area contributed by atoms with Crippen LogP contribution < -0.4 is 10.6 Å². The van der Waals surface area contributed by atoms with Crippen molar-refractivity contribution >= 4 is 16.6 Å². The van der Waals surface area contributed by atoms with Crippen LogP contribution in [0.5, 0.6) is 0 Å². The Bertz CT molecular complexity index is 586. The number of hydrogen-bond acceptors (Lipinski definition) is 3. The lowest BCUT2D eigenvalue weighted by molar-refractivity contribution is 0.578. The van der Waals surface area contributed by atoms with E-state index >= 15 is 0 Å². The smallest absolute Gasteiger partial charge is 0.0706 e. The molecule has 2 N–H and O–H groups in total. The van der Waals surface area contributed by atoms with E-state index in [4.69, 9.17) is 5.73 Å². The fraction of sp³-hybridized carbons (Fsp3) is 0.438. The summed E-state index contributed by atoms with van der Waals surface area (Å²) in [5.74, 6) is 0. The predicted molar refractivity (Wildman–Crippen MR) is 80.4 cm³/mol. The third-order valence-electron chi connectivity index (χ3n) is 4.03.